The fourth-order valence-corrected chi connectivity index (χ4v) is 2.87. The Balaban J connectivity index is 1.73. The van der Waals surface area contributed by atoms with Crippen molar-refractivity contribution in [1.29, 1.82) is 0 Å². The van der Waals surface area contributed by atoms with Crippen LogP contribution in [0.1, 0.15) is 18.5 Å². The van der Waals surface area contributed by atoms with E-state index in [0.29, 0.717) is 0 Å². The normalized spacial score (nSPS) is 12.7. The van der Waals surface area contributed by atoms with Gasteiger partial charge in [-0.3, -0.25) is 4.99 Å². The van der Waals surface area contributed by atoms with Gasteiger partial charge in [-0.15, -0.1) is 11.8 Å². The molecule has 0 amide bonds. The van der Waals surface area contributed by atoms with Gasteiger partial charge < -0.3 is 10.6 Å². The van der Waals surface area contributed by atoms with Crippen LogP contribution in [0.3, 0.4) is 0 Å². The predicted octanol–water partition coefficient (Wildman–Crippen LogP) is 3.70. The van der Waals surface area contributed by atoms with Crippen LogP contribution in [-0.2, 0) is 0 Å². The fraction of sp³-hybridized carbons (Fsp3) is 0.278. The van der Waals surface area contributed by atoms with E-state index in [4.69, 9.17) is 0 Å². The maximum absolute atomic E-state index is 4.28. The van der Waals surface area contributed by atoms with Gasteiger partial charge in [0.05, 0.1) is 6.04 Å². The third-order valence-corrected chi connectivity index (χ3v) is 4.30. The molecular weight excluding hydrogens is 290 g/mol. The molecule has 0 saturated carbocycles. The molecule has 0 fully saturated rings. The fourth-order valence-electron chi connectivity index (χ4n) is 2.08. The quantitative estimate of drug-likeness (QED) is 0.369. The van der Waals surface area contributed by atoms with Crippen LogP contribution in [0, 0.1) is 0 Å². The minimum absolute atomic E-state index is 0.231. The highest BCUT2D eigenvalue weighted by molar-refractivity contribution is 7.99. The van der Waals surface area contributed by atoms with Crippen LogP contribution in [0.15, 0.2) is 70.6 Å². The monoisotopic (exact) mass is 313 g/mol. The van der Waals surface area contributed by atoms with E-state index >= 15 is 0 Å². The summed E-state index contributed by atoms with van der Waals surface area (Å²) < 4.78 is 0. The molecule has 2 rings (SSSR count). The number of hydrogen-bond donors (Lipinski definition) is 2. The first kappa shape index (κ1) is 16.4. The summed E-state index contributed by atoms with van der Waals surface area (Å²) in [6, 6.07) is 21.1. The van der Waals surface area contributed by atoms with E-state index in [2.05, 4.69) is 71.1 Å². The van der Waals surface area contributed by atoms with Crippen LogP contribution in [0.5, 0.6) is 0 Å². The number of nitrogens with one attached hydrogen (secondary N) is 2. The Morgan fingerprint density at radius 2 is 1.68 bits per heavy atom. The van der Waals surface area contributed by atoms with Crippen molar-refractivity contribution < 1.29 is 0 Å². The Labute approximate surface area is 137 Å². The van der Waals surface area contributed by atoms with Crippen LogP contribution in [0.25, 0.3) is 0 Å². The van der Waals surface area contributed by atoms with Gasteiger partial charge in [0.15, 0.2) is 5.96 Å². The third-order valence-electron chi connectivity index (χ3n) is 3.28. The van der Waals surface area contributed by atoms with Crippen molar-refractivity contribution in [2.75, 3.05) is 19.3 Å². The molecule has 0 saturated heterocycles. The summed E-state index contributed by atoms with van der Waals surface area (Å²) in [5.41, 5.74) is 1.25. The highest BCUT2D eigenvalue weighted by Gasteiger charge is 2.06. The number of hydrogen-bond acceptors (Lipinski definition) is 2. The molecular formula is C18H23N3S. The molecule has 0 aromatic heterocycles. The van der Waals surface area contributed by atoms with E-state index < -0.39 is 0 Å². The molecule has 4 heteroatoms. The maximum Gasteiger partial charge on any atom is 0.191 e. The summed E-state index contributed by atoms with van der Waals surface area (Å²) in [5, 5.41) is 6.77. The summed E-state index contributed by atoms with van der Waals surface area (Å²) in [7, 11) is 1.80. The van der Waals surface area contributed by atoms with Crippen LogP contribution in [0.4, 0.5) is 0 Å². The number of aliphatic imine (C=N–C) groups is 1. The van der Waals surface area contributed by atoms with Gasteiger partial charge in [0, 0.05) is 24.2 Å². The van der Waals surface area contributed by atoms with Gasteiger partial charge in [-0.25, -0.2) is 0 Å². The van der Waals surface area contributed by atoms with Gasteiger partial charge in [0.2, 0.25) is 0 Å². The second-order valence-corrected chi connectivity index (χ2v) is 6.11. The zero-order valence-electron chi connectivity index (χ0n) is 13.1. The van der Waals surface area contributed by atoms with E-state index in [1.54, 1.807) is 7.05 Å². The molecule has 3 nitrogen and oxygen atoms in total. The molecule has 0 aliphatic carbocycles. The first-order valence-electron chi connectivity index (χ1n) is 7.49. The number of rotatable bonds is 6. The largest absolute Gasteiger partial charge is 0.356 e. The van der Waals surface area contributed by atoms with Crippen molar-refractivity contribution in [3.05, 3.63) is 66.2 Å². The van der Waals surface area contributed by atoms with Crippen molar-refractivity contribution in [2.45, 2.75) is 17.9 Å². The summed E-state index contributed by atoms with van der Waals surface area (Å²) in [5.74, 6) is 1.84. The highest BCUT2D eigenvalue weighted by Crippen LogP contribution is 2.15. The molecule has 116 valence electrons. The zero-order chi connectivity index (χ0) is 15.6. The maximum atomic E-state index is 4.28. The molecule has 2 N–H and O–H groups in total. The molecule has 0 aliphatic heterocycles. The average molecular weight is 313 g/mol. The molecule has 1 unspecified atom stereocenters. The van der Waals surface area contributed by atoms with E-state index in [-0.39, 0.29) is 6.04 Å². The molecule has 0 aliphatic rings. The van der Waals surface area contributed by atoms with Gasteiger partial charge in [-0.05, 0) is 24.6 Å². The van der Waals surface area contributed by atoms with E-state index in [0.717, 1.165) is 18.3 Å². The lowest BCUT2D eigenvalue weighted by molar-refractivity contribution is 0.691. The molecule has 0 spiro atoms. The second kappa shape index (κ2) is 9.15. The van der Waals surface area contributed by atoms with E-state index in [1.807, 2.05) is 23.9 Å². The molecule has 2 aromatic rings. The van der Waals surface area contributed by atoms with Crippen LogP contribution in [0.2, 0.25) is 0 Å². The third kappa shape index (κ3) is 5.45. The zero-order valence-corrected chi connectivity index (χ0v) is 13.9. The first-order valence-corrected chi connectivity index (χ1v) is 8.48. The Hall–Kier alpha value is -1.94. The number of guanidine groups is 1. The van der Waals surface area contributed by atoms with Crippen LogP contribution in [-0.4, -0.2) is 25.3 Å². The second-order valence-electron chi connectivity index (χ2n) is 4.94. The highest BCUT2D eigenvalue weighted by atomic mass is 32.2. The van der Waals surface area contributed by atoms with Crippen LogP contribution >= 0.6 is 11.8 Å². The standard InChI is InChI=1S/C18H23N3S/c1-15(16-9-5-3-6-10-16)21-18(19-2)20-13-14-22-17-11-7-4-8-12-17/h3-12,15H,13-14H2,1-2H3,(H2,19,20,21). The van der Waals surface area contributed by atoms with E-state index in [9.17, 15) is 0 Å². The molecule has 0 radical (unpaired) electrons. The summed E-state index contributed by atoms with van der Waals surface area (Å²) in [6.07, 6.45) is 0. The van der Waals surface area contributed by atoms with E-state index in [1.165, 1.54) is 10.5 Å². The van der Waals surface area contributed by atoms with Gasteiger partial charge in [0.25, 0.3) is 0 Å². The van der Waals surface area contributed by atoms with Crippen molar-refractivity contribution in [1.82, 2.24) is 10.6 Å². The Kier molecular flexibility index (Phi) is 6.84. The van der Waals surface area contributed by atoms with Gasteiger partial charge in [0.1, 0.15) is 0 Å². The first-order chi connectivity index (χ1) is 10.8. The van der Waals surface area contributed by atoms with Crippen molar-refractivity contribution in [3.8, 4) is 0 Å². The molecule has 2 aromatic carbocycles. The minimum atomic E-state index is 0.231. The summed E-state index contributed by atoms with van der Waals surface area (Å²) in [4.78, 5) is 5.58. The van der Waals surface area contributed by atoms with Crippen LogP contribution < -0.4 is 10.6 Å². The summed E-state index contributed by atoms with van der Waals surface area (Å²) >= 11 is 1.84. The number of thioether (sulfide) groups is 1. The molecule has 0 heterocycles. The van der Waals surface area contributed by atoms with Crippen molar-refractivity contribution in [3.63, 3.8) is 0 Å². The van der Waals surface area contributed by atoms with Gasteiger partial charge >= 0.3 is 0 Å². The summed E-state index contributed by atoms with van der Waals surface area (Å²) in [6.45, 7) is 3.02. The lowest BCUT2D eigenvalue weighted by atomic mass is 10.1. The smallest absolute Gasteiger partial charge is 0.191 e. The minimum Gasteiger partial charge on any atom is -0.356 e. The van der Waals surface area contributed by atoms with Gasteiger partial charge in [-0.2, -0.15) is 0 Å². The lowest BCUT2D eigenvalue weighted by Gasteiger charge is -2.18. The molecule has 22 heavy (non-hydrogen) atoms. The Morgan fingerprint density at radius 3 is 2.32 bits per heavy atom. The Morgan fingerprint density at radius 1 is 1.05 bits per heavy atom. The average Bonchev–Trinajstić information content (AvgIpc) is 2.59. The van der Waals surface area contributed by atoms with Gasteiger partial charge in [-0.1, -0.05) is 48.5 Å². The topological polar surface area (TPSA) is 36.4 Å². The predicted molar refractivity (Wildman–Crippen MR) is 96.5 cm³/mol. The number of nitrogens with zero attached hydrogens (tertiary/aromatic N) is 1. The molecule has 1 atom stereocenters. The molecule has 0 bridgehead atoms. The SMILES string of the molecule is CN=C(NCCSc1ccccc1)NC(C)c1ccccc1. The van der Waals surface area contributed by atoms with Crippen molar-refractivity contribution in [2.24, 2.45) is 4.99 Å². The van der Waals surface area contributed by atoms with Crippen molar-refractivity contribution >= 4 is 17.7 Å². The number of benzene rings is 2. The lowest BCUT2D eigenvalue weighted by Crippen LogP contribution is -2.39. The Bertz CT molecular complexity index is 569.